The molecule has 0 unspecified atom stereocenters. The van der Waals surface area contributed by atoms with Crippen LogP contribution < -0.4 is 18.9 Å². The molecule has 27 heavy (non-hydrogen) atoms. The average Bonchev–Trinajstić information content (AvgIpc) is 3.27. The van der Waals surface area contributed by atoms with Crippen molar-refractivity contribution >= 4 is 17.3 Å². The molecule has 1 aliphatic heterocycles. The lowest BCUT2D eigenvalue weighted by atomic mass is 10.3. The first-order valence-electron chi connectivity index (χ1n) is 8.05. The maximum absolute atomic E-state index is 12.9. The van der Waals surface area contributed by atoms with E-state index < -0.39 is 5.97 Å². The Morgan fingerprint density at radius 2 is 1.89 bits per heavy atom. The number of benzene rings is 2. The number of esters is 1. The number of ether oxygens (including phenoxy) is 4. The number of aryl methyl sites for hydroxylation is 1. The number of carbonyl (C=O) groups excluding carboxylic acids is 1. The molecule has 0 fully saturated rings. The second kappa shape index (κ2) is 7.24. The van der Waals surface area contributed by atoms with Crippen molar-refractivity contribution in [2.45, 2.75) is 13.5 Å². The van der Waals surface area contributed by atoms with E-state index in [0.29, 0.717) is 38.6 Å². The van der Waals surface area contributed by atoms with Gasteiger partial charge in [0, 0.05) is 6.07 Å². The Kier molecular flexibility index (Phi) is 4.64. The topological polar surface area (TPSA) is 66.9 Å². The van der Waals surface area contributed by atoms with E-state index in [-0.39, 0.29) is 19.2 Å². The van der Waals surface area contributed by atoms with E-state index in [9.17, 15) is 9.18 Å². The highest BCUT2D eigenvalue weighted by Gasteiger charge is 2.20. The summed E-state index contributed by atoms with van der Waals surface area (Å²) in [7, 11) is 0. The molecule has 0 amide bonds. The molecule has 1 aromatic heterocycles. The highest BCUT2D eigenvalue weighted by Crippen LogP contribution is 2.35. The molecule has 0 saturated carbocycles. The van der Waals surface area contributed by atoms with E-state index in [1.165, 1.54) is 35.6 Å². The smallest absolute Gasteiger partial charge is 0.355 e. The monoisotopic (exact) mass is 387 g/mol. The third-order valence-corrected chi connectivity index (χ3v) is 4.87. The molecule has 3 aromatic rings. The molecule has 138 valence electrons. The second-order valence-corrected chi connectivity index (χ2v) is 6.75. The van der Waals surface area contributed by atoms with Gasteiger partial charge in [0.15, 0.2) is 11.5 Å². The molecule has 6 nitrogen and oxygen atoms in total. The summed E-state index contributed by atoms with van der Waals surface area (Å²) in [4.78, 5) is 17.2. The number of hydrogen-bond acceptors (Lipinski definition) is 7. The number of hydrogen-bond donors (Lipinski definition) is 0. The Morgan fingerprint density at radius 3 is 2.70 bits per heavy atom. The van der Waals surface area contributed by atoms with Gasteiger partial charge in [-0.1, -0.05) is 0 Å². The fourth-order valence-corrected chi connectivity index (χ4v) is 3.33. The zero-order chi connectivity index (χ0) is 18.8. The van der Waals surface area contributed by atoms with Gasteiger partial charge >= 0.3 is 5.97 Å². The van der Waals surface area contributed by atoms with E-state index in [1.54, 1.807) is 25.1 Å². The van der Waals surface area contributed by atoms with Gasteiger partial charge in [0.25, 0.3) is 0 Å². The number of nitrogens with zero attached hydrogens (tertiary/aromatic N) is 1. The SMILES string of the molecule is Cc1nc(COc2ccc(F)cc2)sc1C(=O)Oc1ccc2c(c1)OCO2. The van der Waals surface area contributed by atoms with Crippen molar-refractivity contribution in [1.29, 1.82) is 0 Å². The normalized spacial score (nSPS) is 12.1. The van der Waals surface area contributed by atoms with Crippen LogP contribution in [0.3, 0.4) is 0 Å². The van der Waals surface area contributed by atoms with Crippen LogP contribution in [0.1, 0.15) is 20.4 Å². The number of carbonyl (C=O) groups is 1. The summed E-state index contributed by atoms with van der Waals surface area (Å²) in [5, 5.41) is 0.620. The first-order valence-corrected chi connectivity index (χ1v) is 8.86. The third-order valence-electron chi connectivity index (χ3n) is 3.76. The maximum atomic E-state index is 12.9. The lowest BCUT2D eigenvalue weighted by Crippen LogP contribution is -2.07. The highest BCUT2D eigenvalue weighted by molar-refractivity contribution is 7.13. The van der Waals surface area contributed by atoms with Crippen molar-refractivity contribution in [2.75, 3.05) is 6.79 Å². The minimum Gasteiger partial charge on any atom is -0.486 e. The van der Waals surface area contributed by atoms with Gasteiger partial charge in [-0.05, 0) is 43.3 Å². The van der Waals surface area contributed by atoms with Gasteiger partial charge in [0.05, 0.1) is 5.69 Å². The standard InChI is InChI=1S/C19H14FNO5S/c1-11-18(19(22)26-14-6-7-15-16(8-14)25-10-24-15)27-17(21-11)9-23-13-4-2-12(20)3-5-13/h2-8H,9-10H2,1H3. The zero-order valence-electron chi connectivity index (χ0n) is 14.2. The summed E-state index contributed by atoms with van der Waals surface area (Å²) < 4.78 is 34.4. The van der Waals surface area contributed by atoms with Gasteiger partial charge < -0.3 is 18.9 Å². The number of rotatable bonds is 5. The molecule has 0 atom stereocenters. The van der Waals surface area contributed by atoms with Crippen LogP contribution in [0.2, 0.25) is 0 Å². The quantitative estimate of drug-likeness (QED) is 0.485. The van der Waals surface area contributed by atoms with E-state index in [2.05, 4.69) is 4.98 Å². The first-order chi connectivity index (χ1) is 13.1. The van der Waals surface area contributed by atoms with Crippen molar-refractivity contribution in [3.8, 4) is 23.0 Å². The summed E-state index contributed by atoms with van der Waals surface area (Å²) in [6.07, 6.45) is 0. The summed E-state index contributed by atoms with van der Waals surface area (Å²) in [5.74, 6) is 1.20. The van der Waals surface area contributed by atoms with Crippen molar-refractivity contribution in [1.82, 2.24) is 4.98 Å². The molecule has 0 N–H and O–H groups in total. The molecular formula is C19H14FNO5S. The van der Waals surface area contributed by atoms with E-state index >= 15 is 0 Å². The highest BCUT2D eigenvalue weighted by atomic mass is 32.1. The summed E-state index contributed by atoms with van der Waals surface area (Å²) in [5.41, 5.74) is 0.559. The second-order valence-electron chi connectivity index (χ2n) is 5.67. The lowest BCUT2D eigenvalue weighted by Gasteiger charge is -2.04. The molecule has 0 radical (unpaired) electrons. The van der Waals surface area contributed by atoms with Gasteiger partial charge in [-0.15, -0.1) is 11.3 Å². The molecule has 0 saturated heterocycles. The van der Waals surface area contributed by atoms with Crippen molar-refractivity contribution < 1.29 is 28.1 Å². The van der Waals surface area contributed by atoms with Gasteiger partial charge in [0.1, 0.15) is 33.8 Å². The van der Waals surface area contributed by atoms with E-state index in [4.69, 9.17) is 18.9 Å². The van der Waals surface area contributed by atoms with E-state index in [1.807, 2.05) is 0 Å². The average molecular weight is 387 g/mol. The Bertz CT molecular complexity index is 986. The molecule has 0 bridgehead atoms. The molecule has 2 aromatic carbocycles. The molecule has 0 spiro atoms. The first kappa shape index (κ1) is 17.3. The molecule has 4 rings (SSSR count). The van der Waals surface area contributed by atoms with Crippen LogP contribution in [0.5, 0.6) is 23.0 Å². The minimum absolute atomic E-state index is 0.151. The molecule has 1 aliphatic rings. The largest absolute Gasteiger partial charge is 0.486 e. The zero-order valence-corrected chi connectivity index (χ0v) is 15.0. The fourth-order valence-electron chi connectivity index (χ4n) is 2.47. The van der Waals surface area contributed by atoms with Crippen LogP contribution in [0.25, 0.3) is 0 Å². The van der Waals surface area contributed by atoms with E-state index in [0.717, 1.165) is 0 Å². The van der Waals surface area contributed by atoms with Crippen LogP contribution in [0, 0.1) is 12.7 Å². The fraction of sp³-hybridized carbons (Fsp3) is 0.158. The Morgan fingerprint density at radius 1 is 1.15 bits per heavy atom. The Labute approximate surface area is 158 Å². The predicted octanol–water partition coefficient (Wildman–Crippen LogP) is 4.12. The van der Waals surface area contributed by atoms with Crippen LogP contribution >= 0.6 is 11.3 Å². The minimum atomic E-state index is -0.503. The van der Waals surface area contributed by atoms with Crippen LogP contribution in [-0.4, -0.2) is 17.7 Å². The van der Waals surface area contributed by atoms with Gasteiger partial charge in [-0.3, -0.25) is 0 Å². The molecular weight excluding hydrogens is 373 g/mol. The van der Waals surface area contributed by atoms with Crippen molar-refractivity contribution in [3.05, 3.63) is 63.9 Å². The third kappa shape index (κ3) is 3.85. The maximum Gasteiger partial charge on any atom is 0.355 e. The number of halogens is 1. The summed E-state index contributed by atoms with van der Waals surface area (Å²) in [6.45, 7) is 2.06. The molecule has 8 heteroatoms. The lowest BCUT2D eigenvalue weighted by molar-refractivity contribution is 0.0738. The van der Waals surface area contributed by atoms with Gasteiger partial charge in [-0.2, -0.15) is 0 Å². The Hall–Kier alpha value is -3.13. The van der Waals surface area contributed by atoms with Crippen molar-refractivity contribution in [3.63, 3.8) is 0 Å². The number of aromatic nitrogens is 1. The molecule has 2 heterocycles. The van der Waals surface area contributed by atoms with Crippen LogP contribution in [0.15, 0.2) is 42.5 Å². The van der Waals surface area contributed by atoms with Crippen molar-refractivity contribution in [2.24, 2.45) is 0 Å². The van der Waals surface area contributed by atoms with Crippen LogP contribution in [0.4, 0.5) is 4.39 Å². The number of fused-ring (bicyclic) bond motifs is 1. The van der Waals surface area contributed by atoms with Gasteiger partial charge in [-0.25, -0.2) is 14.2 Å². The number of thiazole rings is 1. The Balaban J connectivity index is 1.42. The van der Waals surface area contributed by atoms with Gasteiger partial charge in [0.2, 0.25) is 6.79 Å². The summed E-state index contributed by atoms with van der Waals surface area (Å²) >= 11 is 1.19. The predicted molar refractivity (Wildman–Crippen MR) is 95.1 cm³/mol. The van der Waals surface area contributed by atoms with Crippen LogP contribution in [-0.2, 0) is 6.61 Å². The molecule has 0 aliphatic carbocycles. The summed E-state index contributed by atoms with van der Waals surface area (Å²) in [6, 6.07) is 10.6.